The number of carbonyl (C=O) groups excluding carboxylic acids is 2. The first-order valence-electron chi connectivity index (χ1n) is 8.27. The topological polar surface area (TPSA) is 98.5 Å². The van der Waals surface area contributed by atoms with Crippen LogP contribution < -0.4 is 5.32 Å². The molecule has 9 heteroatoms. The number of fused-ring (bicyclic) bond motifs is 1. The third-order valence-corrected chi connectivity index (χ3v) is 4.23. The Labute approximate surface area is 160 Å². The fourth-order valence-electron chi connectivity index (χ4n) is 2.64. The van der Waals surface area contributed by atoms with Gasteiger partial charge in [0.25, 0.3) is 17.5 Å². The fourth-order valence-corrected chi connectivity index (χ4v) is 2.93. The van der Waals surface area contributed by atoms with E-state index in [2.05, 4.69) is 20.4 Å². The number of nitrogens with zero attached hydrogens (tertiary/aromatic N) is 4. The van der Waals surface area contributed by atoms with Crippen molar-refractivity contribution in [3.8, 4) is 0 Å². The van der Waals surface area contributed by atoms with Gasteiger partial charge in [-0.15, -0.1) is 5.10 Å². The lowest BCUT2D eigenvalue weighted by molar-refractivity contribution is -0.124. The lowest BCUT2D eigenvalue weighted by atomic mass is 10.1. The van der Waals surface area contributed by atoms with Crippen LogP contribution in [-0.4, -0.2) is 38.1 Å². The first kappa shape index (κ1) is 18.8. The standard InChI is InChI=1S/C18H18ClN5O3/c1-10-8-11(2)24-18(20-10)22-16(23-24)17(26)27-9-15(25)21-12(3)13-6-4-5-7-14(13)19/h4-8,12H,9H2,1-3H3,(H,21,25)/t12-/m0/s1. The monoisotopic (exact) mass is 387 g/mol. The van der Waals surface area contributed by atoms with E-state index in [1.54, 1.807) is 13.0 Å². The van der Waals surface area contributed by atoms with Gasteiger partial charge in [0.05, 0.1) is 6.04 Å². The Kier molecular flexibility index (Phi) is 5.36. The summed E-state index contributed by atoms with van der Waals surface area (Å²) in [5, 5.41) is 7.35. The lowest BCUT2D eigenvalue weighted by Crippen LogP contribution is -2.31. The molecule has 3 aromatic rings. The molecular formula is C18H18ClN5O3. The molecule has 140 valence electrons. The van der Waals surface area contributed by atoms with Gasteiger partial charge < -0.3 is 10.1 Å². The Hall–Kier alpha value is -3.00. The number of hydrogen-bond donors (Lipinski definition) is 1. The van der Waals surface area contributed by atoms with Crippen molar-refractivity contribution in [3.63, 3.8) is 0 Å². The molecule has 0 saturated heterocycles. The molecular weight excluding hydrogens is 370 g/mol. The van der Waals surface area contributed by atoms with Gasteiger partial charge in [-0.1, -0.05) is 29.8 Å². The molecule has 1 aromatic carbocycles. The van der Waals surface area contributed by atoms with Crippen LogP contribution in [0.3, 0.4) is 0 Å². The van der Waals surface area contributed by atoms with Crippen LogP contribution in [0.15, 0.2) is 30.3 Å². The van der Waals surface area contributed by atoms with Gasteiger partial charge in [-0.25, -0.2) is 14.3 Å². The Morgan fingerprint density at radius 2 is 2.00 bits per heavy atom. The number of esters is 1. The number of nitrogens with one attached hydrogen (secondary N) is 1. The van der Waals surface area contributed by atoms with Crippen molar-refractivity contribution in [1.82, 2.24) is 24.9 Å². The second-order valence-corrected chi connectivity index (χ2v) is 6.48. The van der Waals surface area contributed by atoms with Gasteiger partial charge in [0.2, 0.25) is 0 Å². The highest BCUT2D eigenvalue weighted by Gasteiger charge is 2.19. The lowest BCUT2D eigenvalue weighted by Gasteiger charge is -2.15. The third-order valence-electron chi connectivity index (χ3n) is 3.88. The SMILES string of the molecule is Cc1cc(C)n2nc(C(=O)OCC(=O)N[C@@H](C)c3ccccc3Cl)nc2n1. The average molecular weight is 388 g/mol. The maximum absolute atomic E-state index is 12.1. The Morgan fingerprint density at radius 1 is 1.26 bits per heavy atom. The van der Waals surface area contributed by atoms with Crippen molar-refractivity contribution < 1.29 is 14.3 Å². The van der Waals surface area contributed by atoms with E-state index in [4.69, 9.17) is 16.3 Å². The molecule has 8 nitrogen and oxygen atoms in total. The minimum absolute atomic E-state index is 0.150. The quantitative estimate of drug-likeness (QED) is 0.675. The van der Waals surface area contributed by atoms with Crippen molar-refractivity contribution >= 4 is 29.3 Å². The first-order valence-corrected chi connectivity index (χ1v) is 8.65. The Bertz CT molecular complexity index is 1020. The number of amides is 1. The molecule has 3 rings (SSSR count). The van der Waals surface area contributed by atoms with Gasteiger partial charge in [-0.2, -0.15) is 4.98 Å². The first-order chi connectivity index (χ1) is 12.8. The van der Waals surface area contributed by atoms with Crippen LogP contribution in [0, 0.1) is 13.8 Å². The van der Waals surface area contributed by atoms with Crippen LogP contribution in [0.2, 0.25) is 5.02 Å². The zero-order valence-electron chi connectivity index (χ0n) is 15.1. The summed E-state index contributed by atoms with van der Waals surface area (Å²) < 4.78 is 6.45. The molecule has 0 aliphatic carbocycles. The van der Waals surface area contributed by atoms with Gasteiger partial charge in [-0.05, 0) is 38.5 Å². The molecule has 2 heterocycles. The zero-order chi connectivity index (χ0) is 19.6. The molecule has 1 N–H and O–H groups in total. The van der Waals surface area contributed by atoms with Crippen LogP contribution in [0.5, 0.6) is 0 Å². The van der Waals surface area contributed by atoms with Gasteiger partial charge >= 0.3 is 5.97 Å². The fraction of sp³-hybridized carbons (Fsp3) is 0.278. The minimum Gasteiger partial charge on any atom is -0.450 e. The van der Waals surface area contributed by atoms with E-state index in [1.807, 2.05) is 38.1 Å². The highest BCUT2D eigenvalue weighted by atomic mass is 35.5. The Morgan fingerprint density at radius 3 is 2.74 bits per heavy atom. The molecule has 0 radical (unpaired) electrons. The molecule has 1 atom stereocenters. The third kappa shape index (κ3) is 4.22. The molecule has 0 spiro atoms. The van der Waals surface area contributed by atoms with Crippen LogP contribution in [0.4, 0.5) is 0 Å². The molecule has 0 aliphatic heterocycles. The van der Waals surface area contributed by atoms with E-state index in [-0.39, 0.29) is 11.9 Å². The summed E-state index contributed by atoms with van der Waals surface area (Å²) >= 11 is 6.11. The van der Waals surface area contributed by atoms with Crippen molar-refractivity contribution in [2.75, 3.05) is 6.61 Å². The highest BCUT2D eigenvalue weighted by Crippen LogP contribution is 2.21. The number of carbonyl (C=O) groups is 2. The zero-order valence-corrected chi connectivity index (χ0v) is 15.8. The number of aryl methyl sites for hydroxylation is 2. The normalized spacial score (nSPS) is 12.0. The summed E-state index contributed by atoms with van der Waals surface area (Å²) in [5.41, 5.74) is 2.33. The number of hydrogen-bond acceptors (Lipinski definition) is 6. The minimum atomic E-state index is -0.793. The predicted molar refractivity (Wildman–Crippen MR) is 98.5 cm³/mol. The number of halogens is 1. The van der Waals surface area contributed by atoms with Gasteiger partial charge in [0, 0.05) is 16.4 Å². The van der Waals surface area contributed by atoms with Gasteiger partial charge in [0.1, 0.15) is 0 Å². The van der Waals surface area contributed by atoms with Crippen molar-refractivity contribution in [3.05, 3.63) is 58.1 Å². The van der Waals surface area contributed by atoms with E-state index in [0.717, 1.165) is 17.0 Å². The van der Waals surface area contributed by atoms with E-state index in [0.29, 0.717) is 10.8 Å². The smallest absolute Gasteiger partial charge is 0.378 e. The highest BCUT2D eigenvalue weighted by molar-refractivity contribution is 6.31. The van der Waals surface area contributed by atoms with Crippen LogP contribution in [0.1, 0.15) is 40.5 Å². The van der Waals surface area contributed by atoms with Gasteiger partial charge in [0.15, 0.2) is 6.61 Å². The van der Waals surface area contributed by atoms with E-state index < -0.39 is 18.5 Å². The molecule has 2 aromatic heterocycles. The molecule has 0 fully saturated rings. The summed E-state index contributed by atoms with van der Waals surface area (Å²) in [6, 6.07) is 8.69. The average Bonchev–Trinajstić information content (AvgIpc) is 3.04. The second-order valence-electron chi connectivity index (χ2n) is 6.07. The second kappa shape index (κ2) is 7.71. The summed E-state index contributed by atoms with van der Waals surface area (Å²) in [6.07, 6.45) is 0. The van der Waals surface area contributed by atoms with Crippen molar-refractivity contribution in [1.29, 1.82) is 0 Å². The molecule has 0 aliphatic rings. The summed E-state index contributed by atoms with van der Waals surface area (Å²) in [6.45, 7) is 5.00. The van der Waals surface area contributed by atoms with Crippen molar-refractivity contribution in [2.45, 2.75) is 26.8 Å². The maximum Gasteiger partial charge on any atom is 0.378 e. The Balaban J connectivity index is 1.61. The molecule has 1 amide bonds. The van der Waals surface area contributed by atoms with Crippen molar-refractivity contribution in [2.24, 2.45) is 0 Å². The number of rotatable bonds is 5. The summed E-state index contributed by atoms with van der Waals surface area (Å²) in [7, 11) is 0. The predicted octanol–water partition coefficient (Wildman–Crippen LogP) is 2.43. The summed E-state index contributed by atoms with van der Waals surface area (Å²) in [4.78, 5) is 32.4. The maximum atomic E-state index is 12.1. The molecule has 0 saturated carbocycles. The van der Waals surface area contributed by atoms with E-state index in [1.165, 1.54) is 4.52 Å². The van der Waals surface area contributed by atoms with Gasteiger partial charge in [-0.3, -0.25) is 4.79 Å². The van der Waals surface area contributed by atoms with Crippen LogP contribution >= 0.6 is 11.6 Å². The molecule has 0 bridgehead atoms. The number of benzene rings is 1. The van der Waals surface area contributed by atoms with Crippen LogP contribution in [0.25, 0.3) is 5.78 Å². The summed E-state index contributed by atoms with van der Waals surface area (Å²) in [5.74, 6) is -1.10. The van der Waals surface area contributed by atoms with Crippen LogP contribution in [-0.2, 0) is 9.53 Å². The van der Waals surface area contributed by atoms with E-state index in [9.17, 15) is 9.59 Å². The largest absolute Gasteiger partial charge is 0.450 e. The number of aromatic nitrogens is 4. The number of ether oxygens (including phenoxy) is 1. The van der Waals surface area contributed by atoms with E-state index >= 15 is 0 Å². The molecule has 27 heavy (non-hydrogen) atoms. The molecule has 0 unspecified atom stereocenters.